The molecule has 0 rings (SSSR count). The summed E-state index contributed by atoms with van der Waals surface area (Å²) in [4.78, 5) is 23.6. The third-order valence-corrected chi connectivity index (χ3v) is 3.92. The van der Waals surface area contributed by atoms with Crippen LogP contribution in [0.1, 0.15) is 60.8 Å². The lowest BCUT2D eigenvalue weighted by Gasteiger charge is -2.32. The van der Waals surface area contributed by atoms with Crippen molar-refractivity contribution < 1.29 is 14.1 Å². The van der Waals surface area contributed by atoms with Crippen molar-refractivity contribution in [1.82, 2.24) is 5.32 Å². The third-order valence-electron chi connectivity index (χ3n) is 3.92. The van der Waals surface area contributed by atoms with E-state index in [2.05, 4.69) is 40.2 Å². The van der Waals surface area contributed by atoms with Crippen LogP contribution in [0.2, 0.25) is 0 Å². The lowest BCUT2D eigenvalue weighted by molar-refractivity contribution is -0.889. The lowest BCUT2D eigenvalue weighted by atomic mass is 9.88. The molecule has 4 heteroatoms. The van der Waals surface area contributed by atoms with Crippen molar-refractivity contribution in [3.63, 3.8) is 0 Å². The molecule has 0 fully saturated rings. The Morgan fingerprint density at radius 2 is 1.45 bits per heavy atom. The molecule has 0 atom stereocenters. The van der Waals surface area contributed by atoms with Crippen LogP contribution in [0.5, 0.6) is 0 Å². The number of Topliss-reactive ketones (excluding diaryl/α,β-unsaturated/α-hetero) is 1. The van der Waals surface area contributed by atoms with Crippen LogP contribution >= 0.6 is 0 Å². The van der Waals surface area contributed by atoms with E-state index in [1.807, 2.05) is 20.8 Å². The molecule has 1 amide bonds. The largest absolute Gasteiger partial charge is 0.350 e. The van der Waals surface area contributed by atoms with Gasteiger partial charge >= 0.3 is 0 Å². The van der Waals surface area contributed by atoms with Crippen LogP contribution in [-0.2, 0) is 9.59 Å². The van der Waals surface area contributed by atoms with Crippen molar-refractivity contribution in [3.8, 4) is 0 Å². The topological polar surface area (TPSA) is 46.2 Å². The smallest absolute Gasteiger partial charge is 0.220 e. The average Bonchev–Trinajstić information content (AvgIpc) is 2.31. The first kappa shape index (κ1) is 21.1. The molecule has 0 bridgehead atoms. The number of amides is 1. The first-order valence-corrected chi connectivity index (χ1v) is 8.35. The van der Waals surface area contributed by atoms with Gasteiger partial charge in [0.1, 0.15) is 5.78 Å². The molecule has 0 saturated carbocycles. The minimum atomic E-state index is -0.355. The number of nitrogens with zero attached hydrogens (tertiary/aromatic N) is 1. The molecule has 0 aliphatic carbocycles. The van der Waals surface area contributed by atoms with Gasteiger partial charge in [-0.1, -0.05) is 41.5 Å². The van der Waals surface area contributed by atoms with E-state index < -0.39 is 0 Å². The summed E-state index contributed by atoms with van der Waals surface area (Å²) in [6.07, 6.45) is 1.79. The summed E-state index contributed by atoms with van der Waals surface area (Å²) in [5.74, 6) is 0.123. The molecule has 0 spiro atoms. The van der Waals surface area contributed by atoms with Crippen LogP contribution in [0.4, 0.5) is 0 Å². The molecule has 0 aliphatic heterocycles. The minimum Gasteiger partial charge on any atom is -0.350 e. The summed E-state index contributed by atoms with van der Waals surface area (Å²) >= 11 is 0. The van der Waals surface area contributed by atoms with Crippen molar-refractivity contribution in [2.24, 2.45) is 10.8 Å². The Labute approximate surface area is 137 Å². The molecule has 0 saturated heterocycles. The first-order chi connectivity index (χ1) is 9.73. The maximum Gasteiger partial charge on any atom is 0.220 e. The number of hydrogen-bond acceptors (Lipinski definition) is 2. The number of quaternary nitrogens is 1. The van der Waals surface area contributed by atoms with Gasteiger partial charge in [-0.25, -0.2) is 0 Å². The van der Waals surface area contributed by atoms with Crippen LogP contribution in [0.25, 0.3) is 0 Å². The van der Waals surface area contributed by atoms with Gasteiger partial charge in [0.15, 0.2) is 0 Å². The number of carbonyl (C=O) groups is 2. The molecule has 22 heavy (non-hydrogen) atoms. The SMILES string of the molecule is CC(C)(C)CC[N+](C)(C)CCNC(=O)CCC(=O)C(C)(C)C. The Kier molecular flexibility index (Phi) is 7.76. The molecule has 0 aromatic rings. The van der Waals surface area contributed by atoms with Gasteiger partial charge in [-0.05, 0) is 5.41 Å². The normalized spacial score (nSPS) is 13.1. The van der Waals surface area contributed by atoms with Crippen LogP contribution in [0, 0.1) is 10.8 Å². The number of carbonyl (C=O) groups excluding carboxylic acids is 2. The average molecular weight is 314 g/mol. The van der Waals surface area contributed by atoms with Crippen molar-refractivity contribution >= 4 is 11.7 Å². The molecule has 0 aliphatic rings. The maximum absolute atomic E-state index is 11.8. The van der Waals surface area contributed by atoms with Gasteiger partial charge in [0.25, 0.3) is 0 Å². The molecule has 0 aromatic carbocycles. The zero-order chi connectivity index (χ0) is 17.6. The Hall–Kier alpha value is -0.900. The molecule has 1 N–H and O–H groups in total. The molecule has 0 heterocycles. The Morgan fingerprint density at radius 3 is 1.91 bits per heavy atom. The highest BCUT2D eigenvalue weighted by atomic mass is 16.2. The molecule has 0 radical (unpaired) electrons. The van der Waals surface area contributed by atoms with E-state index >= 15 is 0 Å². The zero-order valence-electron chi connectivity index (χ0n) is 16.0. The number of hydrogen-bond donors (Lipinski definition) is 1. The van der Waals surface area contributed by atoms with E-state index in [9.17, 15) is 9.59 Å². The van der Waals surface area contributed by atoms with E-state index in [4.69, 9.17) is 0 Å². The summed E-state index contributed by atoms with van der Waals surface area (Å²) in [5.41, 5.74) is -0.0157. The van der Waals surface area contributed by atoms with Gasteiger partial charge in [-0.2, -0.15) is 0 Å². The fourth-order valence-electron chi connectivity index (χ4n) is 1.94. The summed E-state index contributed by atoms with van der Waals surface area (Å²) < 4.78 is 0.901. The number of ketones is 1. The van der Waals surface area contributed by atoms with Gasteiger partial charge in [0, 0.05) is 24.7 Å². The lowest BCUT2D eigenvalue weighted by Crippen LogP contribution is -2.46. The third kappa shape index (κ3) is 10.8. The van der Waals surface area contributed by atoms with Gasteiger partial charge in [0.2, 0.25) is 5.91 Å². The van der Waals surface area contributed by atoms with Crippen molar-refractivity contribution in [2.45, 2.75) is 60.8 Å². The summed E-state index contributed by atoms with van der Waals surface area (Å²) in [6.45, 7) is 15.1. The van der Waals surface area contributed by atoms with Crippen LogP contribution in [0.15, 0.2) is 0 Å². The van der Waals surface area contributed by atoms with Crippen molar-refractivity contribution in [3.05, 3.63) is 0 Å². The number of rotatable bonds is 8. The highest BCUT2D eigenvalue weighted by Crippen LogP contribution is 2.20. The molecular weight excluding hydrogens is 276 g/mol. The summed E-state index contributed by atoms with van der Waals surface area (Å²) in [6, 6.07) is 0. The van der Waals surface area contributed by atoms with Crippen LogP contribution in [0.3, 0.4) is 0 Å². The number of nitrogens with one attached hydrogen (secondary N) is 1. The predicted octanol–water partition coefficient (Wildman–Crippen LogP) is 3.01. The second-order valence-electron chi connectivity index (χ2n) is 9.22. The summed E-state index contributed by atoms with van der Waals surface area (Å²) in [5, 5.41) is 2.94. The number of likely N-dealkylation sites (N-methyl/N-ethyl adjacent to an activating group) is 1. The minimum absolute atomic E-state index is 0.0200. The van der Waals surface area contributed by atoms with E-state index in [-0.39, 0.29) is 17.1 Å². The monoisotopic (exact) mass is 313 g/mol. The molecule has 130 valence electrons. The fourth-order valence-corrected chi connectivity index (χ4v) is 1.94. The fraction of sp³-hybridized carbons (Fsp3) is 0.889. The highest BCUT2D eigenvalue weighted by molar-refractivity contribution is 5.88. The standard InChI is InChI=1S/C18H36N2O2/c1-17(2,3)11-13-20(7,8)14-12-19-16(22)10-9-15(21)18(4,5)6/h9-14H2,1-8H3/p+1. The highest BCUT2D eigenvalue weighted by Gasteiger charge is 2.22. The Balaban J connectivity index is 3.99. The van der Waals surface area contributed by atoms with Gasteiger partial charge in [-0.15, -0.1) is 0 Å². The van der Waals surface area contributed by atoms with E-state index in [0.29, 0.717) is 24.8 Å². The van der Waals surface area contributed by atoms with E-state index in [1.54, 1.807) is 0 Å². The predicted molar refractivity (Wildman–Crippen MR) is 92.6 cm³/mol. The van der Waals surface area contributed by atoms with Crippen molar-refractivity contribution in [1.29, 1.82) is 0 Å². The second-order valence-corrected chi connectivity index (χ2v) is 9.22. The van der Waals surface area contributed by atoms with E-state index in [0.717, 1.165) is 24.0 Å². The van der Waals surface area contributed by atoms with E-state index in [1.165, 1.54) is 0 Å². The van der Waals surface area contributed by atoms with Gasteiger partial charge in [-0.3, -0.25) is 9.59 Å². The molecule has 0 unspecified atom stereocenters. The van der Waals surface area contributed by atoms with Crippen LogP contribution < -0.4 is 5.32 Å². The van der Waals surface area contributed by atoms with Gasteiger partial charge in [0.05, 0.1) is 33.7 Å². The van der Waals surface area contributed by atoms with Crippen molar-refractivity contribution in [2.75, 3.05) is 33.7 Å². The zero-order valence-corrected chi connectivity index (χ0v) is 16.0. The second kappa shape index (κ2) is 8.09. The summed E-state index contributed by atoms with van der Waals surface area (Å²) in [7, 11) is 4.39. The quantitative estimate of drug-likeness (QED) is 0.700. The Bertz CT molecular complexity index is 374. The Morgan fingerprint density at radius 1 is 0.909 bits per heavy atom. The molecule has 4 nitrogen and oxygen atoms in total. The maximum atomic E-state index is 11.8. The molecular formula is C18H37N2O2+. The van der Waals surface area contributed by atoms with Crippen LogP contribution in [-0.4, -0.2) is 49.9 Å². The van der Waals surface area contributed by atoms with Gasteiger partial charge < -0.3 is 9.80 Å². The molecule has 0 aromatic heterocycles. The first-order valence-electron chi connectivity index (χ1n) is 8.35.